The number of carbonyl (C=O) groups excluding carboxylic acids is 1. The Kier molecular flexibility index (Phi) is 5.54. The topological polar surface area (TPSA) is 80.5 Å². The van der Waals surface area contributed by atoms with Gasteiger partial charge in [-0.1, -0.05) is 0 Å². The van der Waals surface area contributed by atoms with Gasteiger partial charge in [-0.05, 0) is 26.0 Å². The zero-order valence-corrected chi connectivity index (χ0v) is 11.0. The zero-order valence-electron chi connectivity index (χ0n) is 11.0. The van der Waals surface area contributed by atoms with E-state index in [1.165, 1.54) is 0 Å². The highest BCUT2D eigenvalue weighted by molar-refractivity contribution is 5.92. The fraction of sp³-hybridized carbons (Fsp3) is 0.500. The molecule has 0 aromatic carbocycles. The van der Waals surface area contributed by atoms with Crippen molar-refractivity contribution < 1.29 is 9.53 Å². The fourth-order valence-corrected chi connectivity index (χ4v) is 1.36. The van der Waals surface area contributed by atoms with Crippen LogP contribution in [0.2, 0.25) is 0 Å². The Hall–Kier alpha value is -1.66. The molecule has 3 N–H and O–H groups in total. The van der Waals surface area contributed by atoms with Crippen molar-refractivity contribution in [3.63, 3.8) is 0 Å². The van der Waals surface area contributed by atoms with Crippen LogP contribution in [0.4, 0.5) is 5.69 Å². The van der Waals surface area contributed by atoms with E-state index in [0.29, 0.717) is 24.5 Å². The van der Waals surface area contributed by atoms with Gasteiger partial charge in [-0.15, -0.1) is 0 Å². The first-order chi connectivity index (χ1) is 8.54. The minimum atomic E-state index is -0.153. The SMILES string of the molecule is CC(C)OCCN(C)C(=O)c1cc(NN)ccn1. The van der Waals surface area contributed by atoms with Gasteiger partial charge in [-0.2, -0.15) is 0 Å². The summed E-state index contributed by atoms with van der Waals surface area (Å²) in [6.07, 6.45) is 1.71. The zero-order chi connectivity index (χ0) is 13.5. The van der Waals surface area contributed by atoms with Crippen LogP contribution in [-0.4, -0.2) is 42.1 Å². The lowest BCUT2D eigenvalue weighted by molar-refractivity contribution is 0.0529. The third kappa shape index (κ3) is 4.31. The lowest BCUT2D eigenvalue weighted by Crippen LogP contribution is -2.31. The Morgan fingerprint density at radius 1 is 1.61 bits per heavy atom. The molecule has 0 radical (unpaired) electrons. The van der Waals surface area contributed by atoms with Gasteiger partial charge in [0.25, 0.3) is 5.91 Å². The monoisotopic (exact) mass is 252 g/mol. The molecule has 1 heterocycles. The summed E-state index contributed by atoms with van der Waals surface area (Å²) in [6, 6.07) is 3.31. The molecule has 0 spiro atoms. The molecule has 0 aliphatic carbocycles. The number of nitrogens with two attached hydrogens (primary N) is 1. The third-order valence-corrected chi connectivity index (χ3v) is 2.37. The van der Waals surface area contributed by atoms with Crippen LogP contribution in [0.1, 0.15) is 24.3 Å². The molecule has 1 rings (SSSR count). The van der Waals surface area contributed by atoms with Gasteiger partial charge in [0.1, 0.15) is 5.69 Å². The van der Waals surface area contributed by atoms with Crippen LogP contribution >= 0.6 is 0 Å². The maximum atomic E-state index is 12.0. The quantitative estimate of drug-likeness (QED) is 0.580. The van der Waals surface area contributed by atoms with Crippen LogP contribution in [0.5, 0.6) is 0 Å². The molecule has 1 amide bonds. The molecule has 0 saturated carbocycles. The standard InChI is InChI=1S/C12H20N4O2/c1-9(2)18-7-6-16(3)12(17)11-8-10(15-13)4-5-14-11/h4-5,8-9H,6-7,13H2,1-3H3,(H,14,15). The van der Waals surface area contributed by atoms with Gasteiger partial charge in [0.15, 0.2) is 0 Å². The van der Waals surface area contributed by atoms with Crippen molar-refractivity contribution in [2.24, 2.45) is 5.84 Å². The van der Waals surface area contributed by atoms with E-state index in [4.69, 9.17) is 10.6 Å². The van der Waals surface area contributed by atoms with Crippen LogP contribution in [-0.2, 0) is 4.74 Å². The first-order valence-electron chi connectivity index (χ1n) is 5.84. The molecule has 6 nitrogen and oxygen atoms in total. The average molecular weight is 252 g/mol. The van der Waals surface area contributed by atoms with E-state index in [-0.39, 0.29) is 12.0 Å². The Morgan fingerprint density at radius 2 is 2.33 bits per heavy atom. The van der Waals surface area contributed by atoms with Gasteiger partial charge < -0.3 is 15.1 Å². The van der Waals surface area contributed by atoms with Gasteiger partial charge >= 0.3 is 0 Å². The van der Waals surface area contributed by atoms with Gasteiger partial charge in [-0.3, -0.25) is 15.6 Å². The van der Waals surface area contributed by atoms with Gasteiger partial charge in [0, 0.05) is 19.8 Å². The lowest BCUT2D eigenvalue weighted by atomic mass is 10.3. The number of ether oxygens (including phenoxy) is 1. The average Bonchev–Trinajstić information content (AvgIpc) is 2.37. The third-order valence-electron chi connectivity index (χ3n) is 2.37. The summed E-state index contributed by atoms with van der Waals surface area (Å²) in [4.78, 5) is 17.6. The Balaban J connectivity index is 2.56. The second-order valence-electron chi connectivity index (χ2n) is 4.22. The highest BCUT2D eigenvalue weighted by Gasteiger charge is 2.13. The van der Waals surface area contributed by atoms with E-state index in [1.54, 1.807) is 30.3 Å². The van der Waals surface area contributed by atoms with Crippen molar-refractivity contribution in [1.29, 1.82) is 0 Å². The maximum absolute atomic E-state index is 12.0. The number of nitrogens with zero attached hydrogens (tertiary/aromatic N) is 2. The molecule has 1 aromatic heterocycles. The highest BCUT2D eigenvalue weighted by atomic mass is 16.5. The van der Waals surface area contributed by atoms with Crippen molar-refractivity contribution in [3.8, 4) is 0 Å². The van der Waals surface area contributed by atoms with E-state index >= 15 is 0 Å². The van der Waals surface area contributed by atoms with Crippen LogP contribution in [0.3, 0.4) is 0 Å². The van der Waals surface area contributed by atoms with Crippen LogP contribution in [0, 0.1) is 0 Å². The van der Waals surface area contributed by atoms with Crippen LogP contribution in [0.15, 0.2) is 18.3 Å². The summed E-state index contributed by atoms with van der Waals surface area (Å²) in [6.45, 7) is 4.95. The number of pyridine rings is 1. The highest BCUT2D eigenvalue weighted by Crippen LogP contribution is 2.08. The first-order valence-corrected chi connectivity index (χ1v) is 5.84. The van der Waals surface area contributed by atoms with Crippen molar-refractivity contribution in [2.75, 3.05) is 25.6 Å². The number of rotatable bonds is 6. The number of hydrogen-bond donors (Lipinski definition) is 2. The second kappa shape index (κ2) is 6.93. The Labute approximate surface area is 107 Å². The number of likely N-dealkylation sites (N-methyl/N-ethyl adjacent to an activating group) is 1. The van der Waals surface area contributed by atoms with Crippen molar-refractivity contribution >= 4 is 11.6 Å². The number of amides is 1. The van der Waals surface area contributed by atoms with Crippen LogP contribution in [0.25, 0.3) is 0 Å². The fourth-order valence-electron chi connectivity index (χ4n) is 1.36. The molecular weight excluding hydrogens is 232 g/mol. The minimum absolute atomic E-state index is 0.153. The number of nitrogen functional groups attached to an aromatic ring is 1. The Bertz CT molecular complexity index is 395. The smallest absolute Gasteiger partial charge is 0.272 e. The minimum Gasteiger partial charge on any atom is -0.377 e. The van der Waals surface area contributed by atoms with Gasteiger partial charge in [-0.25, -0.2) is 0 Å². The largest absolute Gasteiger partial charge is 0.377 e. The van der Waals surface area contributed by atoms with Gasteiger partial charge in [0.05, 0.1) is 18.4 Å². The lowest BCUT2D eigenvalue weighted by Gasteiger charge is -2.17. The van der Waals surface area contributed by atoms with E-state index in [1.807, 2.05) is 13.8 Å². The molecule has 0 bridgehead atoms. The van der Waals surface area contributed by atoms with E-state index in [0.717, 1.165) is 0 Å². The van der Waals surface area contributed by atoms with E-state index in [2.05, 4.69) is 10.4 Å². The van der Waals surface area contributed by atoms with Crippen molar-refractivity contribution in [2.45, 2.75) is 20.0 Å². The molecular formula is C12H20N4O2. The number of aromatic nitrogens is 1. The maximum Gasteiger partial charge on any atom is 0.272 e. The van der Waals surface area contributed by atoms with E-state index in [9.17, 15) is 4.79 Å². The predicted molar refractivity (Wildman–Crippen MR) is 70.1 cm³/mol. The summed E-state index contributed by atoms with van der Waals surface area (Å²) in [7, 11) is 1.72. The summed E-state index contributed by atoms with van der Waals surface area (Å²) < 4.78 is 5.40. The Morgan fingerprint density at radius 3 is 2.94 bits per heavy atom. The van der Waals surface area contributed by atoms with E-state index < -0.39 is 0 Å². The normalized spacial score (nSPS) is 10.5. The molecule has 0 atom stereocenters. The molecule has 0 fully saturated rings. The predicted octanol–water partition coefficient (Wildman–Crippen LogP) is 0.864. The molecule has 0 aliphatic heterocycles. The van der Waals surface area contributed by atoms with Crippen molar-refractivity contribution in [3.05, 3.63) is 24.0 Å². The molecule has 0 aliphatic rings. The molecule has 1 aromatic rings. The van der Waals surface area contributed by atoms with Crippen LogP contribution < -0.4 is 11.3 Å². The summed E-state index contributed by atoms with van der Waals surface area (Å²) in [5.74, 6) is 5.13. The molecule has 0 saturated heterocycles. The number of hydrogen-bond acceptors (Lipinski definition) is 5. The molecule has 0 unspecified atom stereocenters. The summed E-state index contributed by atoms with van der Waals surface area (Å²) in [5, 5.41) is 0. The summed E-state index contributed by atoms with van der Waals surface area (Å²) in [5.41, 5.74) is 3.50. The second-order valence-corrected chi connectivity index (χ2v) is 4.22. The summed E-state index contributed by atoms with van der Waals surface area (Å²) >= 11 is 0. The van der Waals surface area contributed by atoms with Crippen molar-refractivity contribution in [1.82, 2.24) is 9.88 Å². The molecule has 6 heteroatoms. The van der Waals surface area contributed by atoms with Gasteiger partial charge in [0.2, 0.25) is 0 Å². The number of anilines is 1. The molecule has 18 heavy (non-hydrogen) atoms. The molecule has 100 valence electrons. The first kappa shape index (κ1) is 14.4. The number of hydrazine groups is 1. The number of carbonyl (C=O) groups is 1. The number of nitrogens with one attached hydrogen (secondary N) is 1.